The van der Waals surface area contributed by atoms with Crippen molar-refractivity contribution in [1.29, 1.82) is 0 Å². The maximum absolute atomic E-state index is 8.94. The van der Waals surface area contributed by atoms with Crippen LogP contribution in [0.5, 0.6) is 0 Å². The second-order valence-electron chi connectivity index (χ2n) is 5.08. The van der Waals surface area contributed by atoms with Crippen LogP contribution in [-0.2, 0) is 6.42 Å². The van der Waals surface area contributed by atoms with Crippen LogP contribution < -0.4 is 11.2 Å². The second-order valence-corrected chi connectivity index (χ2v) is 5.08. The highest BCUT2D eigenvalue weighted by atomic mass is 16.4. The first-order chi connectivity index (χ1) is 7.05. The van der Waals surface area contributed by atoms with Crippen LogP contribution in [0, 0.1) is 5.41 Å². The molecule has 78 valence electrons. The van der Waals surface area contributed by atoms with Gasteiger partial charge in [-0.2, -0.15) is 0 Å². The van der Waals surface area contributed by atoms with Crippen LogP contribution >= 0.6 is 0 Å². The number of rotatable bonds is 3. The minimum atomic E-state index is -1.37. The highest BCUT2D eigenvalue weighted by Gasteiger charge is 2.80. The summed E-state index contributed by atoms with van der Waals surface area (Å²) < 4.78 is 0. The monoisotopic (exact) mass is 203 g/mol. The Labute approximate surface area is 89.1 Å². The van der Waals surface area contributed by atoms with Gasteiger partial charge in [0.2, 0.25) is 0 Å². The lowest BCUT2D eigenvalue weighted by Gasteiger charge is -2.04. The quantitative estimate of drug-likeness (QED) is 0.574. The predicted octanol–water partition coefficient (Wildman–Crippen LogP) is -0.600. The van der Waals surface area contributed by atoms with Crippen LogP contribution in [0.25, 0.3) is 0 Å². The number of hydrogen-bond acceptors (Lipinski definition) is 3. The van der Waals surface area contributed by atoms with Crippen LogP contribution in [0.3, 0.4) is 0 Å². The Morgan fingerprint density at radius 1 is 1.20 bits per heavy atom. The van der Waals surface area contributed by atoms with Crippen LogP contribution in [-0.4, -0.2) is 22.7 Å². The number of fused-ring (bicyclic) bond motifs is 1. The van der Waals surface area contributed by atoms with E-state index in [1.165, 1.54) is 5.56 Å². The summed E-state index contributed by atoms with van der Waals surface area (Å²) in [6.07, 6.45) is 3.35. The molecular formula is C11H14BNO2. The van der Waals surface area contributed by atoms with Gasteiger partial charge in [0, 0.05) is 5.54 Å². The molecule has 0 aromatic heterocycles. The van der Waals surface area contributed by atoms with Gasteiger partial charge in [0.1, 0.15) is 0 Å². The van der Waals surface area contributed by atoms with Crippen molar-refractivity contribution >= 4 is 12.6 Å². The molecule has 0 unspecified atom stereocenters. The van der Waals surface area contributed by atoms with Crippen LogP contribution in [0.2, 0.25) is 0 Å². The molecule has 3 rings (SSSR count). The lowest BCUT2D eigenvalue weighted by molar-refractivity contribution is 0.426. The minimum absolute atomic E-state index is 0.155. The Kier molecular flexibility index (Phi) is 1.65. The van der Waals surface area contributed by atoms with Crippen molar-refractivity contribution in [2.24, 2.45) is 11.1 Å². The molecule has 4 heteroatoms. The fraction of sp³-hybridized carbons (Fsp3) is 0.455. The Morgan fingerprint density at radius 3 is 2.13 bits per heavy atom. The summed E-state index contributed by atoms with van der Waals surface area (Å²) >= 11 is 0. The van der Waals surface area contributed by atoms with Gasteiger partial charge in [0.25, 0.3) is 0 Å². The van der Waals surface area contributed by atoms with E-state index >= 15 is 0 Å². The first-order valence-electron chi connectivity index (χ1n) is 5.29. The molecule has 2 aliphatic carbocycles. The molecule has 0 heterocycles. The molecule has 0 atom stereocenters. The van der Waals surface area contributed by atoms with Crippen molar-refractivity contribution in [3.63, 3.8) is 0 Å². The Bertz CT molecular complexity index is 396. The number of benzene rings is 1. The van der Waals surface area contributed by atoms with Crippen molar-refractivity contribution in [3.05, 3.63) is 29.8 Å². The lowest BCUT2D eigenvalue weighted by atomic mass is 9.80. The molecule has 2 fully saturated rings. The second kappa shape index (κ2) is 2.64. The summed E-state index contributed by atoms with van der Waals surface area (Å²) in [6.45, 7) is 0. The Morgan fingerprint density at radius 2 is 1.73 bits per heavy atom. The van der Waals surface area contributed by atoms with E-state index < -0.39 is 7.12 Å². The summed E-state index contributed by atoms with van der Waals surface area (Å²) in [6, 6.07) is 7.44. The van der Waals surface area contributed by atoms with E-state index in [1.807, 2.05) is 12.1 Å². The zero-order valence-corrected chi connectivity index (χ0v) is 8.48. The fourth-order valence-corrected chi connectivity index (χ4v) is 2.57. The first kappa shape index (κ1) is 9.40. The average molecular weight is 203 g/mol. The molecule has 0 radical (unpaired) electrons. The third-order valence-electron chi connectivity index (χ3n) is 3.93. The van der Waals surface area contributed by atoms with Gasteiger partial charge in [-0.05, 0) is 35.7 Å². The summed E-state index contributed by atoms with van der Waals surface area (Å²) in [4.78, 5) is 0. The third-order valence-corrected chi connectivity index (χ3v) is 3.93. The summed E-state index contributed by atoms with van der Waals surface area (Å²) in [5, 5.41) is 17.9. The first-order valence-corrected chi connectivity index (χ1v) is 5.29. The maximum Gasteiger partial charge on any atom is 0.488 e. The zero-order valence-electron chi connectivity index (χ0n) is 8.48. The minimum Gasteiger partial charge on any atom is -0.423 e. The average Bonchev–Trinajstić information content (AvgIpc) is 2.90. The van der Waals surface area contributed by atoms with E-state index in [1.54, 1.807) is 12.1 Å². The molecule has 0 spiro atoms. The molecule has 1 aromatic carbocycles. The number of hydrogen-bond donors (Lipinski definition) is 3. The predicted molar refractivity (Wildman–Crippen MR) is 58.6 cm³/mol. The molecule has 0 aliphatic heterocycles. The molecule has 4 N–H and O–H groups in total. The zero-order chi connectivity index (χ0) is 10.7. The Balaban J connectivity index is 1.72. The van der Waals surface area contributed by atoms with E-state index in [-0.39, 0.29) is 5.54 Å². The van der Waals surface area contributed by atoms with E-state index in [4.69, 9.17) is 15.8 Å². The molecule has 1 aromatic rings. The van der Waals surface area contributed by atoms with E-state index in [0.717, 1.165) is 19.3 Å². The van der Waals surface area contributed by atoms with Gasteiger partial charge < -0.3 is 15.8 Å². The van der Waals surface area contributed by atoms with Crippen molar-refractivity contribution in [1.82, 2.24) is 0 Å². The van der Waals surface area contributed by atoms with Gasteiger partial charge in [-0.3, -0.25) is 0 Å². The summed E-state index contributed by atoms with van der Waals surface area (Å²) in [5.41, 5.74) is 8.35. The highest BCUT2D eigenvalue weighted by Crippen LogP contribution is 2.78. The van der Waals surface area contributed by atoms with Crippen molar-refractivity contribution < 1.29 is 10.0 Å². The fourth-order valence-electron chi connectivity index (χ4n) is 2.57. The normalized spacial score (nSPS) is 35.9. The van der Waals surface area contributed by atoms with Gasteiger partial charge >= 0.3 is 7.12 Å². The van der Waals surface area contributed by atoms with Gasteiger partial charge in [0.05, 0.1) is 0 Å². The molecule has 2 saturated carbocycles. The lowest BCUT2D eigenvalue weighted by Crippen LogP contribution is -2.29. The topological polar surface area (TPSA) is 66.5 Å². The standard InChI is InChI=1S/C11H14BNO2/c13-11-6-10(11,7-11)5-8-1-3-9(4-2-8)12(14)15/h1-4,14-15H,5-7,13H2. The molecule has 0 saturated heterocycles. The molecular weight excluding hydrogens is 189 g/mol. The van der Waals surface area contributed by atoms with E-state index in [9.17, 15) is 0 Å². The largest absolute Gasteiger partial charge is 0.488 e. The van der Waals surface area contributed by atoms with E-state index in [0.29, 0.717) is 10.9 Å². The molecule has 3 nitrogen and oxygen atoms in total. The van der Waals surface area contributed by atoms with Crippen molar-refractivity contribution in [2.45, 2.75) is 24.8 Å². The van der Waals surface area contributed by atoms with Crippen LogP contribution in [0.4, 0.5) is 0 Å². The molecule has 0 amide bonds. The molecule has 15 heavy (non-hydrogen) atoms. The van der Waals surface area contributed by atoms with Crippen LogP contribution in [0.15, 0.2) is 24.3 Å². The summed E-state index contributed by atoms with van der Waals surface area (Å²) in [7, 11) is -1.37. The van der Waals surface area contributed by atoms with Gasteiger partial charge in [0.15, 0.2) is 0 Å². The smallest absolute Gasteiger partial charge is 0.423 e. The van der Waals surface area contributed by atoms with Gasteiger partial charge in [-0.1, -0.05) is 24.3 Å². The third kappa shape index (κ3) is 1.33. The van der Waals surface area contributed by atoms with E-state index in [2.05, 4.69) is 0 Å². The number of nitrogens with two attached hydrogens (primary N) is 1. The molecule has 0 bridgehead atoms. The van der Waals surface area contributed by atoms with Gasteiger partial charge in [-0.15, -0.1) is 0 Å². The van der Waals surface area contributed by atoms with Crippen LogP contribution in [0.1, 0.15) is 18.4 Å². The van der Waals surface area contributed by atoms with Crippen molar-refractivity contribution in [2.75, 3.05) is 0 Å². The van der Waals surface area contributed by atoms with Crippen molar-refractivity contribution in [3.8, 4) is 0 Å². The maximum atomic E-state index is 8.94. The summed E-state index contributed by atoms with van der Waals surface area (Å²) in [5.74, 6) is 0. The highest BCUT2D eigenvalue weighted by molar-refractivity contribution is 6.58. The SMILES string of the molecule is NC12CC1(Cc1ccc(B(O)O)cc1)C2. The Hall–Kier alpha value is -0.835. The molecule has 2 aliphatic rings. The van der Waals surface area contributed by atoms with Gasteiger partial charge in [-0.25, -0.2) is 0 Å².